The number of halogens is 1. The molecule has 6 nitrogen and oxygen atoms in total. The Bertz CT molecular complexity index is 464. The summed E-state index contributed by atoms with van der Waals surface area (Å²) in [7, 11) is 0. The Morgan fingerprint density at radius 2 is 2.15 bits per heavy atom. The molecule has 1 saturated heterocycles. The van der Waals surface area contributed by atoms with Crippen molar-refractivity contribution < 1.29 is 19.0 Å². The van der Waals surface area contributed by atoms with Gasteiger partial charge in [-0.05, 0) is 34.7 Å². The molecule has 0 aromatic heterocycles. The zero-order chi connectivity index (χ0) is 14.4. The molecule has 0 unspecified atom stereocenters. The molecule has 1 aliphatic heterocycles. The van der Waals surface area contributed by atoms with Crippen LogP contribution in [0.5, 0.6) is 11.5 Å². The van der Waals surface area contributed by atoms with Crippen LogP contribution in [0.25, 0.3) is 0 Å². The summed E-state index contributed by atoms with van der Waals surface area (Å²) in [5, 5.41) is 0. The second-order valence-electron chi connectivity index (χ2n) is 4.29. The van der Waals surface area contributed by atoms with Gasteiger partial charge in [0, 0.05) is 19.6 Å². The van der Waals surface area contributed by atoms with Crippen LogP contribution in [0.2, 0.25) is 0 Å². The summed E-state index contributed by atoms with van der Waals surface area (Å²) in [4.78, 5) is 13.2. The van der Waals surface area contributed by atoms with Gasteiger partial charge in [0.25, 0.3) is 0 Å². The molecule has 7 heteroatoms. The smallest absolute Gasteiger partial charge is 0.410 e. The number of rotatable bonds is 5. The van der Waals surface area contributed by atoms with E-state index in [1.807, 2.05) is 12.1 Å². The minimum absolute atomic E-state index is 0.377. The van der Waals surface area contributed by atoms with Crippen LogP contribution < -0.4 is 15.2 Å². The fraction of sp³-hybridized carbons (Fsp3) is 0.462. The molecule has 1 amide bonds. The van der Waals surface area contributed by atoms with E-state index in [4.69, 9.17) is 19.9 Å². The highest BCUT2D eigenvalue weighted by atomic mass is 127. The Morgan fingerprint density at radius 3 is 2.85 bits per heavy atom. The molecule has 20 heavy (non-hydrogen) atoms. The van der Waals surface area contributed by atoms with E-state index in [0.717, 1.165) is 36.4 Å². The molecule has 0 saturated carbocycles. The predicted molar refractivity (Wildman–Crippen MR) is 82.1 cm³/mol. The highest BCUT2D eigenvalue weighted by Gasteiger charge is 2.14. The second kappa shape index (κ2) is 7.65. The molecule has 0 radical (unpaired) electrons. The SMILES string of the molecule is NC(=O)Oc1c(I)cccc1OCCN1CCOCC1. The third kappa shape index (κ3) is 4.50. The lowest BCUT2D eigenvalue weighted by Gasteiger charge is -2.26. The van der Waals surface area contributed by atoms with Crippen LogP contribution in [0.3, 0.4) is 0 Å². The van der Waals surface area contributed by atoms with Crippen molar-refractivity contribution >= 4 is 28.7 Å². The van der Waals surface area contributed by atoms with Crippen LogP contribution >= 0.6 is 22.6 Å². The van der Waals surface area contributed by atoms with Crippen molar-refractivity contribution in [1.82, 2.24) is 4.90 Å². The van der Waals surface area contributed by atoms with Gasteiger partial charge in [-0.15, -0.1) is 0 Å². The molecule has 1 fully saturated rings. The molecular formula is C13H17IN2O4. The summed E-state index contributed by atoms with van der Waals surface area (Å²) < 4.78 is 16.8. The number of hydrogen-bond donors (Lipinski definition) is 1. The van der Waals surface area contributed by atoms with E-state index >= 15 is 0 Å². The fourth-order valence-electron chi connectivity index (χ4n) is 1.91. The van der Waals surface area contributed by atoms with Gasteiger partial charge < -0.3 is 19.9 Å². The molecule has 0 aliphatic carbocycles. The maximum atomic E-state index is 10.9. The summed E-state index contributed by atoms with van der Waals surface area (Å²) >= 11 is 2.07. The van der Waals surface area contributed by atoms with Gasteiger partial charge in [-0.1, -0.05) is 6.07 Å². The van der Waals surface area contributed by atoms with Crippen LogP contribution in [0.1, 0.15) is 0 Å². The molecule has 2 N–H and O–H groups in total. The first-order valence-electron chi connectivity index (χ1n) is 6.35. The van der Waals surface area contributed by atoms with Crippen molar-refractivity contribution in [3.63, 3.8) is 0 Å². The summed E-state index contributed by atoms with van der Waals surface area (Å²) in [5.74, 6) is 0.909. The number of morpholine rings is 1. The number of carbonyl (C=O) groups excluding carboxylic acids is 1. The standard InChI is InChI=1S/C13H17IN2O4/c14-10-2-1-3-11(12(10)20-13(15)17)19-9-6-16-4-7-18-8-5-16/h1-3H,4-9H2,(H2,15,17). The number of hydrogen-bond acceptors (Lipinski definition) is 5. The summed E-state index contributed by atoms with van der Waals surface area (Å²) in [6.07, 6.45) is -0.841. The van der Waals surface area contributed by atoms with Gasteiger partial charge in [0.1, 0.15) is 6.61 Å². The maximum Gasteiger partial charge on any atom is 0.410 e. The lowest BCUT2D eigenvalue weighted by molar-refractivity contribution is 0.0321. The summed E-state index contributed by atoms with van der Waals surface area (Å²) in [6.45, 7) is 4.69. The van der Waals surface area contributed by atoms with Gasteiger partial charge in [0.2, 0.25) is 0 Å². The van der Waals surface area contributed by atoms with Crippen molar-refractivity contribution in [2.45, 2.75) is 0 Å². The Hall–Kier alpha value is -1.06. The molecule has 1 aromatic rings. The van der Waals surface area contributed by atoms with Gasteiger partial charge in [0.15, 0.2) is 11.5 Å². The molecule has 0 bridgehead atoms. The number of nitrogens with zero attached hydrogens (tertiary/aromatic N) is 1. The molecule has 1 aliphatic rings. The Kier molecular flexibility index (Phi) is 5.86. The van der Waals surface area contributed by atoms with Crippen LogP contribution in [-0.2, 0) is 4.74 Å². The lowest BCUT2D eigenvalue weighted by Crippen LogP contribution is -2.38. The van der Waals surface area contributed by atoms with E-state index in [9.17, 15) is 4.79 Å². The van der Waals surface area contributed by atoms with Crippen molar-refractivity contribution in [3.05, 3.63) is 21.8 Å². The predicted octanol–water partition coefficient (Wildman–Crippen LogP) is 1.46. The first-order chi connectivity index (χ1) is 9.66. The molecule has 0 atom stereocenters. The van der Waals surface area contributed by atoms with E-state index in [-0.39, 0.29) is 0 Å². The molecular weight excluding hydrogens is 375 g/mol. The topological polar surface area (TPSA) is 74.0 Å². The van der Waals surface area contributed by atoms with E-state index in [0.29, 0.717) is 18.1 Å². The molecule has 1 aromatic carbocycles. The van der Waals surface area contributed by atoms with E-state index in [2.05, 4.69) is 27.5 Å². The van der Waals surface area contributed by atoms with Crippen LogP contribution in [0.15, 0.2) is 18.2 Å². The average Bonchev–Trinajstić information content (AvgIpc) is 2.43. The van der Waals surface area contributed by atoms with Crippen LogP contribution in [0.4, 0.5) is 4.79 Å². The number of para-hydroxylation sites is 1. The maximum absolute atomic E-state index is 10.9. The summed E-state index contributed by atoms with van der Waals surface area (Å²) in [5.41, 5.74) is 5.07. The largest absolute Gasteiger partial charge is 0.488 e. The Morgan fingerprint density at radius 1 is 1.40 bits per heavy atom. The molecule has 2 rings (SSSR count). The zero-order valence-electron chi connectivity index (χ0n) is 11.0. The van der Waals surface area contributed by atoms with E-state index in [1.165, 1.54) is 0 Å². The first-order valence-corrected chi connectivity index (χ1v) is 7.43. The van der Waals surface area contributed by atoms with Gasteiger partial charge in [-0.25, -0.2) is 4.79 Å². The molecule has 110 valence electrons. The van der Waals surface area contributed by atoms with Crippen molar-refractivity contribution in [2.75, 3.05) is 39.5 Å². The minimum Gasteiger partial charge on any atom is -0.488 e. The fourth-order valence-corrected chi connectivity index (χ4v) is 2.50. The third-order valence-corrected chi connectivity index (χ3v) is 3.75. The Labute approximate surface area is 131 Å². The quantitative estimate of drug-likeness (QED) is 0.769. The summed E-state index contributed by atoms with van der Waals surface area (Å²) in [6, 6.07) is 5.44. The average molecular weight is 392 g/mol. The number of primary amides is 1. The van der Waals surface area contributed by atoms with Gasteiger partial charge in [0.05, 0.1) is 16.8 Å². The Balaban J connectivity index is 1.91. The van der Waals surface area contributed by atoms with Crippen molar-refractivity contribution in [1.29, 1.82) is 0 Å². The third-order valence-electron chi connectivity index (χ3n) is 2.90. The number of benzene rings is 1. The molecule has 0 spiro atoms. The highest BCUT2D eigenvalue weighted by molar-refractivity contribution is 14.1. The number of nitrogens with two attached hydrogens (primary N) is 1. The molecule has 1 heterocycles. The zero-order valence-corrected chi connectivity index (χ0v) is 13.2. The van der Waals surface area contributed by atoms with Gasteiger partial charge in [-0.2, -0.15) is 0 Å². The lowest BCUT2D eigenvalue weighted by atomic mass is 10.3. The van der Waals surface area contributed by atoms with E-state index < -0.39 is 6.09 Å². The number of carbonyl (C=O) groups is 1. The second-order valence-corrected chi connectivity index (χ2v) is 5.45. The van der Waals surface area contributed by atoms with Crippen molar-refractivity contribution in [2.24, 2.45) is 5.73 Å². The monoisotopic (exact) mass is 392 g/mol. The minimum atomic E-state index is -0.841. The van der Waals surface area contributed by atoms with Crippen molar-refractivity contribution in [3.8, 4) is 11.5 Å². The van der Waals surface area contributed by atoms with Gasteiger partial charge in [-0.3, -0.25) is 4.90 Å². The van der Waals surface area contributed by atoms with Crippen LogP contribution in [0, 0.1) is 3.57 Å². The normalized spacial score (nSPS) is 15.8. The first kappa shape index (κ1) is 15.3. The van der Waals surface area contributed by atoms with Gasteiger partial charge >= 0.3 is 6.09 Å². The number of ether oxygens (including phenoxy) is 3. The highest BCUT2D eigenvalue weighted by Crippen LogP contribution is 2.32. The van der Waals surface area contributed by atoms with E-state index in [1.54, 1.807) is 6.07 Å². The van der Waals surface area contributed by atoms with Crippen LogP contribution in [-0.4, -0.2) is 50.4 Å². The number of amides is 1.